The highest BCUT2D eigenvalue weighted by Gasteiger charge is 2.12. The molecule has 0 saturated carbocycles. The molecule has 90 valence electrons. The van der Waals surface area contributed by atoms with E-state index in [2.05, 4.69) is 60.2 Å². The highest BCUT2D eigenvalue weighted by Crippen LogP contribution is 2.27. The van der Waals surface area contributed by atoms with Crippen molar-refractivity contribution in [2.24, 2.45) is 0 Å². The van der Waals surface area contributed by atoms with E-state index < -0.39 is 0 Å². The Balaban J connectivity index is 2.82. The molecule has 1 aromatic carbocycles. The third-order valence-electron chi connectivity index (χ3n) is 2.75. The minimum atomic E-state index is 0.486. The highest BCUT2D eigenvalue weighted by molar-refractivity contribution is 9.10. The molecule has 1 N–H and O–H groups in total. The monoisotopic (exact) mass is 283 g/mol. The lowest BCUT2D eigenvalue weighted by atomic mass is 10.0. The molecule has 16 heavy (non-hydrogen) atoms. The average Bonchev–Trinajstić information content (AvgIpc) is 2.25. The van der Waals surface area contributed by atoms with E-state index in [4.69, 9.17) is 0 Å². The first-order valence-electron chi connectivity index (χ1n) is 6.18. The van der Waals surface area contributed by atoms with E-state index in [0.29, 0.717) is 6.04 Å². The summed E-state index contributed by atoms with van der Waals surface area (Å²) in [4.78, 5) is 0. The Kier molecular flexibility index (Phi) is 6.07. The number of benzene rings is 1. The van der Waals surface area contributed by atoms with Gasteiger partial charge in [-0.1, -0.05) is 48.3 Å². The van der Waals surface area contributed by atoms with Crippen LogP contribution in [0.25, 0.3) is 0 Å². The topological polar surface area (TPSA) is 12.0 Å². The molecule has 1 aromatic rings. The fourth-order valence-electron chi connectivity index (χ4n) is 1.89. The van der Waals surface area contributed by atoms with Crippen molar-refractivity contribution in [1.29, 1.82) is 0 Å². The minimum Gasteiger partial charge on any atom is -0.310 e. The Morgan fingerprint density at radius 2 is 2.00 bits per heavy atom. The van der Waals surface area contributed by atoms with Gasteiger partial charge in [0, 0.05) is 10.5 Å². The maximum absolute atomic E-state index is 3.67. The van der Waals surface area contributed by atoms with Crippen molar-refractivity contribution >= 4 is 15.9 Å². The summed E-state index contributed by atoms with van der Waals surface area (Å²) >= 11 is 3.67. The molecule has 0 radical (unpaired) electrons. The second-order valence-corrected chi connectivity index (χ2v) is 5.17. The van der Waals surface area contributed by atoms with Gasteiger partial charge >= 0.3 is 0 Å². The van der Waals surface area contributed by atoms with E-state index in [9.17, 15) is 0 Å². The largest absolute Gasteiger partial charge is 0.310 e. The number of hydrogen-bond acceptors (Lipinski definition) is 1. The van der Waals surface area contributed by atoms with Crippen LogP contribution in [0.1, 0.15) is 50.3 Å². The molecule has 0 aromatic heterocycles. The summed E-state index contributed by atoms with van der Waals surface area (Å²) in [5.41, 5.74) is 2.70. The molecule has 0 amide bonds. The molecule has 1 nitrogen and oxygen atoms in total. The molecular formula is C14H22BrN. The first-order valence-corrected chi connectivity index (χ1v) is 6.97. The first kappa shape index (κ1) is 13.7. The van der Waals surface area contributed by atoms with Crippen molar-refractivity contribution < 1.29 is 0 Å². The summed E-state index contributed by atoms with van der Waals surface area (Å²) in [6.45, 7) is 7.66. The van der Waals surface area contributed by atoms with Crippen molar-refractivity contribution in [1.82, 2.24) is 5.32 Å². The van der Waals surface area contributed by atoms with E-state index in [1.54, 1.807) is 0 Å². The van der Waals surface area contributed by atoms with Gasteiger partial charge in [-0.2, -0.15) is 0 Å². The van der Waals surface area contributed by atoms with Crippen molar-refractivity contribution in [3.63, 3.8) is 0 Å². The summed E-state index contributed by atoms with van der Waals surface area (Å²) in [5.74, 6) is 0. The molecule has 0 aliphatic rings. The van der Waals surface area contributed by atoms with Crippen LogP contribution in [0.5, 0.6) is 0 Å². The summed E-state index contributed by atoms with van der Waals surface area (Å²) in [5, 5.41) is 3.62. The van der Waals surface area contributed by atoms with E-state index >= 15 is 0 Å². The van der Waals surface area contributed by atoms with Gasteiger partial charge in [0.1, 0.15) is 0 Å². The number of hydrogen-bond donors (Lipinski definition) is 1. The van der Waals surface area contributed by atoms with E-state index in [1.165, 1.54) is 34.9 Å². The standard InChI is InChI=1S/C14H22BrN/c1-4-6-14(16-9-5-2)12-8-7-11(3)10-13(12)15/h7-8,10,14,16H,4-6,9H2,1-3H3. The van der Waals surface area contributed by atoms with Crippen molar-refractivity contribution in [3.8, 4) is 0 Å². The van der Waals surface area contributed by atoms with Gasteiger partial charge in [-0.15, -0.1) is 0 Å². The van der Waals surface area contributed by atoms with Crippen LogP contribution in [0.15, 0.2) is 22.7 Å². The molecule has 0 bridgehead atoms. The van der Waals surface area contributed by atoms with Crippen molar-refractivity contribution in [2.45, 2.75) is 46.1 Å². The Hall–Kier alpha value is -0.340. The third kappa shape index (κ3) is 3.91. The molecule has 0 aliphatic carbocycles. The van der Waals surface area contributed by atoms with E-state index in [1.807, 2.05) is 0 Å². The smallest absolute Gasteiger partial charge is 0.0331 e. The Morgan fingerprint density at radius 3 is 2.56 bits per heavy atom. The predicted molar refractivity (Wildman–Crippen MR) is 74.8 cm³/mol. The lowest BCUT2D eigenvalue weighted by Gasteiger charge is -2.20. The maximum Gasteiger partial charge on any atom is 0.0331 e. The van der Waals surface area contributed by atoms with Gasteiger partial charge in [0.05, 0.1) is 0 Å². The third-order valence-corrected chi connectivity index (χ3v) is 3.44. The lowest BCUT2D eigenvalue weighted by Crippen LogP contribution is -2.22. The average molecular weight is 284 g/mol. The molecule has 0 spiro atoms. The van der Waals surface area contributed by atoms with E-state index in [-0.39, 0.29) is 0 Å². The zero-order valence-corrected chi connectivity index (χ0v) is 12.1. The molecule has 0 heterocycles. The van der Waals surface area contributed by atoms with Gasteiger partial charge < -0.3 is 5.32 Å². The Labute approximate surface area is 108 Å². The fourth-order valence-corrected chi connectivity index (χ4v) is 2.66. The van der Waals surface area contributed by atoms with Gasteiger partial charge in [-0.25, -0.2) is 0 Å². The molecule has 0 fully saturated rings. The molecule has 1 unspecified atom stereocenters. The number of aryl methyl sites for hydroxylation is 1. The van der Waals surface area contributed by atoms with Crippen LogP contribution >= 0.6 is 15.9 Å². The van der Waals surface area contributed by atoms with Crippen LogP contribution < -0.4 is 5.32 Å². The normalized spacial score (nSPS) is 12.8. The Bertz CT molecular complexity index is 323. The van der Waals surface area contributed by atoms with Gasteiger partial charge in [-0.05, 0) is 43.5 Å². The van der Waals surface area contributed by atoms with Gasteiger partial charge in [0.25, 0.3) is 0 Å². The molecular weight excluding hydrogens is 262 g/mol. The fraction of sp³-hybridized carbons (Fsp3) is 0.571. The zero-order valence-electron chi connectivity index (χ0n) is 10.5. The molecule has 1 atom stereocenters. The van der Waals surface area contributed by atoms with Crippen LogP contribution in [-0.2, 0) is 0 Å². The van der Waals surface area contributed by atoms with Crippen LogP contribution in [-0.4, -0.2) is 6.54 Å². The highest BCUT2D eigenvalue weighted by atomic mass is 79.9. The quantitative estimate of drug-likeness (QED) is 0.805. The van der Waals surface area contributed by atoms with Crippen LogP contribution in [0.4, 0.5) is 0 Å². The molecule has 1 rings (SSSR count). The predicted octanol–water partition coefficient (Wildman–Crippen LogP) is 4.60. The van der Waals surface area contributed by atoms with E-state index in [0.717, 1.165) is 6.54 Å². The summed E-state index contributed by atoms with van der Waals surface area (Å²) in [7, 11) is 0. The number of nitrogens with one attached hydrogen (secondary N) is 1. The molecule has 0 saturated heterocycles. The van der Waals surface area contributed by atoms with Gasteiger partial charge in [-0.3, -0.25) is 0 Å². The SMILES string of the molecule is CCCNC(CCC)c1ccc(C)cc1Br. The van der Waals surface area contributed by atoms with Crippen molar-refractivity contribution in [2.75, 3.05) is 6.54 Å². The summed E-state index contributed by atoms with van der Waals surface area (Å²) in [6, 6.07) is 7.12. The van der Waals surface area contributed by atoms with Gasteiger partial charge in [0.2, 0.25) is 0 Å². The second kappa shape index (κ2) is 7.08. The second-order valence-electron chi connectivity index (χ2n) is 4.32. The van der Waals surface area contributed by atoms with Crippen LogP contribution in [0.2, 0.25) is 0 Å². The Morgan fingerprint density at radius 1 is 1.25 bits per heavy atom. The summed E-state index contributed by atoms with van der Waals surface area (Å²) < 4.78 is 1.23. The maximum atomic E-state index is 3.67. The minimum absolute atomic E-state index is 0.486. The molecule has 2 heteroatoms. The lowest BCUT2D eigenvalue weighted by molar-refractivity contribution is 0.492. The summed E-state index contributed by atoms with van der Waals surface area (Å²) in [6.07, 6.45) is 3.59. The number of rotatable bonds is 6. The van der Waals surface area contributed by atoms with Gasteiger partial charge in [0.15, 0.2) is 0 Å². The number of halogens is 1. The zero-order chi connectivity index (χ0) is 12.0. The first-order chi connectivity index (χ1) is 7.69. The van der Waals surface area contributed by atoms with Crippen molar-refractivity contribution in [3.05, 3.63) is 33.8 Å². The van der Waals surface area contributed by atoms with Crippen LogP contribution in [0, 0.1) is 6.92 Å². The molecule has 0 aliphatic heterocycles. The van der Waals surface area contributed by atoms with Crippen LogP contribution in [0.3, 0.4) is 0 Å².